The maximum atomic E-state index is 14.0. The first-order valence-corrected chi connectivity index (χ1v) is 7.05. The Bertz CT molecular complexity index is 722. The third-order valence-corrected chi connectivity index (χ3v) is 3.48. The van der Waals surface area contributed by atoms with Crippen molar-refractivity contribution in [2.75, 3.05) is 14.2 Å². The predicted molar refractivity (Wildman–Crippen MR) is 78.5 cm³/mol. The minimum atomic E-state index is -1.38. The van der Waals surface area contributed by atoms with Crippen LogP contribution in [-0.2, 0) is 20.9 Å². The van der Waals surface area contributed by atoms with Crippen LogP contribution < -0.4 is 0 Å². The molecule has 0 fully saturated rings. The molecule has 1 amide bonds. The Morgan fingerprint density at radius 2 is 2.12 bits per heavy atom. The van der Waals surface area contributed by atoms with Crippen LogP contribution in [0.4, 0.5) is 8.78 Å². The highest BCUT2D eigenvalue weighted by atomic mass is 19.1. The first-order valence-electron chi connectivity index (χ1n) is 7.05. The van der Waals surface area contributed by atoms with Crippen molar-refractivity contribution < 1.29 is 23.1 Å². The van der Waals surface area contributed by atoms with Gasteiger partial charge in [0.2, 0.25) is 5.91 Å². The van der Waals surface area contributed by atoms with Crippen LogP contribution in [0.15, 0.2) is 30.9 Å². The summed E-state index contributed by atoms with van der Waals surface area (Å²) in [5, 5.41) is 3.86. The molecule has 1 heterocycles. The summed E-state index contributed by atoms with van der Waals surface area (Å²) in [7, 11) is 2.44. The number of hydrogen-bond donors (Lipinski definition) is 0. The summed E-state index contributed by atoms with van der Waals surface area (Å²) in [4.78, 5) is 29.1. The Hall–Kier alpha value is -2.84. The van der Waals surface area contributed by atoms with Crippen molar-refractivity contribution >= 4 is 11.9 Å². The molecule has 9 heteroatoms. The molecule has 0 saturated carbocycles. The van der Waals surface area contributed by atoms with Crippen molar-refractivity contribution in [1.82, 2.24) is 19.7 Å². The number of amides is 1. The molecule has 0 N–H and O–H groups in total. The molecular weight excluding hydrogens is 322 g/mol. The number of rotatable bonds is 6. The number of aryl methyl sites for hydroxylation is 1. The largest absolute Gasteiger partial charge is 0.467 e. The van der Waals surface area contributed by atoms with E-state index in [1.807, 2.05) is 0 Å². The maximum Gasteiger partial charge on any atom is 0.333 e. The zero-order chi connectivity index (χ0) is 17.7. The Balaban J connectivity index is 2.21. The fourth-order valence-corrected chi connectivity index (χ4v) is 2.21. The lowest BCUT2D eigenvalue weighted by Crippen LogP contribution is -2.37. The quantitative estimate of drug-likeness (QED) is 0.743. The Morgan fingerprint density at radius 1 is 1.38 bits per heavy atom. The predicted octanol–water partition coefficient (Wildman–Crippen LogP) is 1.32. The average molecular weight is 338 g/mol. The molecule has 0 spiro atoms. The molecule has 0 radical (unpaired) electrons. The smallest absolute Gasteiger partial charge is 0.333 e. The zero-order valence-electron chi connectivity index (χ0n) is 13.1. The number of halogens is 2. The normalized spacial score (nSPS) is 11.8. The van der Waals surface area contributed by atoms with E-state index in [4.69, 9.17) is 0 Å². The fraction of sp³-hybridized carbons (Fsp3) is 0.333. The Labute approximate surface area is 136 Å². The third-order valence-electron chi connectivity index (χ3n) is 3.48. The molecule has 1 atom stereocenters. The van der Waals surface area contributed by atoms with Crippen molar-refractivity contribution in [2.24, 2.45) is 0 Å². The third kappa shape index (κ3) is 3.92. The van der Waals surface area contributed by atoms with Gasteiger partial charge in [0.25, 0.3) is 0 Å². The van der Waals surface area contributed by atoms with Crippen LogP contribution in [0.1, 0.15) is 18.0 Å². The number of nitrogens with zero attached hydrogens (tertiary/aromatic N) is 4. The molecule has 0 bridgehead atoms. The van der Waals surface area contributed by atoms with Gasteiger partial charge in [-0.1, -0.05) is 0 Å². The number of likely N-dealkylation sites (N-methyl/N-ethyl adjacent to an activating group) is 1. The van der Waals surface area contributed by atoms with Crippen LogP contribution in [-0.4, -0.2) is 45.7 Å². The van der Waals surface area contributed by atoms with Crippen LogP contribution in [0.5, 0.6) is 0 Å². The van der Waals surface area contributed by atoms with Crippen LogP contribution in [0.2, 0.25) is 0 Å². The van der Waals surface area contributed by atoms with Gasteiger partial charge in [0.05, 0.1) is 13.7 Å². The van der Waals surface area contributed by atoms with Crippen molar-refractivity contribution in [3.8, 4) is 0 Å². The molecule has 0 unspecified atom stereocenters. The lowest BCUT2D eigenvalue weighted by Gasteiger charge is -2.26. The summed E-state index contributed by atoms with van der Waals surface area (Å²) in [6.45, 7) is 0.239. The van der Waals surface area contributed by atoms with E-state index in [-0.39, 0.29) is 18.5 Å². The van der Waals surface area contributed by atoms with Gasteiger partial charge in [-0.3, -0.25) is 9.48 Å². The lowest BCUT2D eigenvalue weighted by atomic mass is 10.0. The monoisotopic (exact) mass is 338 g/mol. The molecule has 1 aromatic carbocycles. The SMILES string of the molecule is COC(=O)[C@@H](c1cc(F)ccc1F)N(C)C(=O)CCn1cncn1. The standard InChI is InChI=1S/C15H16F2N4O3/c1-20(13(22)5-6-21-9-18-8-19-21)14(15(23)24-2)11-7-10(16)3-4-12(11)17/h3-4,7-9,14H,5-6H2,1-2H3/t14-/m1/s1. The summed E-state index contributed by atoms with van der Waals surface area (Å²) < 4.78 is 33.5. The fourth-order valence-electron chi connectivity index (χ4n) is 2.21. The number of ether oxygens (including phenoxy) is 1. The van der Waals surface area contributed by atoms with E-state index in [9.17, 15) is 18.4 Å². The Kier molecular flexibility index (Phi) is 5.56. The number of carbonyl (C=O) groups excluding carboxylic acids is 2. The number of methoxy groups -OCH3 is 1. The minimum absolute atomic E-state index is 0.00426. The molecule has 2 rings (SSSR count). The average Bonchev–Trinajstić information content (AvgIpc) is 3.09. The van der Waals surface area contributed by atoms with Gasteiger partial charge in [0.15, 0.2) is 6.04 Å². The molecule has 0 saturated heterocycles. The topological polar surface area (TPSA) is 77.3 Å². The van der Waals surface area contributed by atoms with Gasteiger partial charge in [0.1, 0.15) is 24.3 Å². The summed E-state index contributed by atoms with van der Waals surface area (Å²) in [5.74, 6) is -2.84. The molecular formula is C15H16F2N4O3. The summed E-state index contributed by atoms with van der Waals surface area (Å²) >= 11 is 0. The van der Waals surface area contributed by atoms with Crippen LogP contribution in [0.3, 0.4) is 0 Å². The van der Waals surface area contributed by atoms with Gasteiger partial charge in [-0.2, -0.15) is 5.10 Å². The van der Waals surface area contributed by atoms with Crippen molar-refractivity contribution in [3.63, 3.8) is 0 Å². The maximum absolute atomic E-state index is 14.0. The van der Waals surface area contributed by atoms with Gasteiger partial charge >= 0.3 is 5.97 Å². The number of esters is 1. The molecule has 128 valence electrons. The highest BCUT2D eigenvalue weighted by Gasteiger charge is 2.32. The minimum Gasteiger partial charge on any atom is -0.467 e. The first-order chi connectivity index (χ1) is 11.4. The molecule has 2 aromatic rings. The second-order valence-electron chi connectivity index (χ2n) is 5.00. The van der Waals surface area contributed by atoms with Crippen LogP contribution in [0.25, 0.3) is 0 Å². The molecule has 7 nitrogen and oxygen atoms in total. The lowest BCUT2D eigenvalue weighted by molar-refractivity contribution is -0.152. The highest BCUT2D eigenvalue weighted by Crippen LogP contribution is 2.25. The van der Waals surface area contributed by atoms with Gasteiger partial charge in [0, 0.05) is 19.0 Å². The molecule has 1 aromatic heterocycles. The van der Waals surface area contributed by atoms with E-state index in [1.165, 1.54) is 24.4 Å². The van der Waals surface area contributed by atoms with E-state index < -0.39 is 29.6 Å². The van der Waals surface area contributed by atoms with Crippen molar-refractivity contribution in [2.45, 2.75) is 19.0 Å². The summed E-state index contributed by atoms with van der Waals surface area (Å²) in [5.41, 5.74) is -0.265. The second kappa shape index (κ2) is 7.62. The second-order valence-corrected chi connectivity index (χ2v) is 5.00. The molecule has 0 aliphatic carbocycles. The highest BCUT2D eigenvalue weighted by molar-refractivity contribution is 5.85. The van der Waals surface area contributed by atoms with E-state index >= 15 is 0 Å². The molecule has 24 heavy (non-hydrogen) atoms. The van der Waals surface area contributed by atoms with Crippen LogP contribution >= 0.6 is 0 Å². The zero-order valence-corrected chi connectivity index (χ0v) is 13.1. The molecule has 0 aliphatic rings. The van der Waals surface area contributed by atoms with Gasteiger partial charge in [-0.15, -0.1) is 0 Å². The number of benzene rings is 1. The number of carbonyl (C=O) groups is 2. The van der Waals surface area contributed by atoms with Crippen molar-refractivity contribution in [1.29, 1.82) is 0 Å². The molecule has 0 aliphatic heterocycles. The van der Waals surface area contributed by atoms with E-state index in [2.05, 4.69) is 14.8 Å². The summed E-state index contributed by atoms with van der Waals surface area (Å²) in [6.07, 6.45) is 2.77. The summed E-state index contributed by atoms with van der Waals surface area (Å²) in [6, 6.07) is 1.32. The van der Waals surface area contributed by atoms with Gasteiger partial charge < -0.3 is 9.64 Å². The van der Waals surface area contributed by atoms with E-state index in [1.54, 1.807) is 0 Å². The van der Waals surface area contributed by atoms with Crippen LogP contribution in [0, 0.1) is 11.6 Å². The number of aromatic nitrogens is 3. The van der Waals surface area contributed by atoms with Gasteiger partial charge in [-0.05, 0) is 18.2 Å². The van der Waals surface area contributed by atoms with E-state index in [0.29, 0.717) is 0 Å². The van der Waals surface area contributed by atoms with Gasteiger partial charge in [-0.25, -0.2) is 18.6 Å². The Morgan fingerprint density at radius 3 is 2.75 bits per heavy atom. The van der Waals surface area contributed by atoms with Crippen molar-refractivity contribution in [3.05, 3.63) is 48.1 Å². The van der Waals surface area contributed by atoms with E-state index in [0.717, 1.165) is 30.2 Å². The first kappa shape index (κ1) is 17.5. The number of hydrogen-bond acceptors (Lipinski definition) is 5.